The third kappa shape index (κ3) is 5.29. The smallest absolute Gasteiger partial charge is 0.257 e. The molecule has 0 aliphatic carbocycles. The molecule has 0 spiro atoms. The van der Waals surface area contributed by atoms with Crippen molar-refractivity contribution in [3.8, 4) is 11.5 Å². The zero-order valence-electron chi connectivity index (χ0n) is 16.6. The highest BCUT2D eigenvalue weighted by atomic mass is 35.5. The summed E-state index contributed by atoms with van der Waals surface area (Å²) in [6.07, 6.45) is 2.72. The van der Waals surface area contributed by atoms with Crippen LogP contribution < -0.4 is 14.8 Å². The molecule has 2 aliphatic heterocycles. The van der Waals surface area contributed by atoms with Crippen molar-refractivity contribution >= 4 is 24.2 Å². The van der Waals surface area contributed by atoms with Gasteiger partial charge in [-0.15, -0.1) is 12.4 Å². The maximum atomic E-state index is 12.8. The van der Waals surface area contributed by atoms with Crippen LogP contribution in [-0.2, 0) is 4.79 Å². The molecule has 156 valence electrons. The minimum atomic E-state index is -0.0707. The summed E-state index contributed by atoms with van der Waals surface area (Å²) >= 11 is 0. The lowest BCUT2D eigenvalue weighted by molar-refractivity contribution is -0.132. The summed E-state index contributed by atoms with van der Waals surface area (Å²) in [6, 6.07) is 5.20. The fourth-order valence-electron chi connectivity index (χ4n) is 3.75. The first-order chi connectivity index (χ1) is 13.1. The summed E-state index contributed by atoms with van der Waals surface area (Å²) in [5.41, 5.74) is 0.520. The molecule has 8 heteroatoms. The van der Waals surface area contributed by atoms with Gasteiger partial charge in [0.1, 0.15) is 11.5 Å². The van der Waals surface area contributed by atoms with Crippen molar-refractivity contribution in [2.75, 3.05) is 53.5 Å². The SMILES string of the molecule is COc1ccc(C(=O)N2CCN(C(=O)CCC3CCNC3)CC2)c(OC)c1.Cl. The van der Waals surface area contributed by atoms with Crippen molar-refractivity contribution < 1.29 is 19.1 Å². The molecule has 1 atom stereocenters. The van der Waals surface area contributed by atoms with Gasteiger partial charge in [-0.2, -0.15) is 0 Å². The highest BCUT2D eigenvalue weighted by Crippen LogP contribution is 2.26. The van der Waals surface area contributed by atoms with E-state index in [2.05, 4.69) is 5.32 Å². The van der Waals surface area contributed by atoms with Crippen molar-refractivity contribution in [3.63, 3.8) is 0 Å². The number of piperazine rings is 1. The molecule has 2 saturated heterocycles. The second-order valence-corrected chi connectivity index (χ2v) is 7.14. The van der Waals surface area contributed by atoms with Crippen molar-refractivity contribution in [3.05, 3.63) is 23.8 Å². The van der Waals surface area contributed by atoms with Crippen molar-refractivity contribution in [2.45, 2.75) is 19.3 Å². The number of carbonyl (C=O) groups is 2. The third-order valence-electron chi connectivity index (χ3n) is 5.49. The van der Waals surface area contributed by atoms with Gasteiger partial charge in [0.05, 0.1) is 19.8 Å². The minimum Gasteiger partial charge on any atom is -0.497 e. The lowest BCUT2D eigenvalue weighted by atomic mass is 10.0. The second kappa shape index (κ2) is 10.5. The topological polar surface area (TPSA) is 71.1 Å². The first-order valence-electron chi connectivity index (χ1n) is 9.62. The molecule has 3 rings (SSSR count). The van der Waals surface area contributed by atoms with E-state index in [4.69, 9.17) is 9.47 Å². The Labute approximate surface area is 172 Å². The Morgan fingerprint density at radius 2 is 1.82 bits per heavy atom. The van der Waals surface area contributed by atoms with Crippen LogP contribution in [0.25, 0.3) is 0 Å². The summed E-state index contributed by atoms with van der Waals surface area (Å²) in [5.74, 6) is 1.91. The fourth-order valence-corrected chi connectivity index (χ4v) is 3.75. The largest absolute Gasteiger partial charge is 0.497 e. The number of nitrogens with one attached hydrogen (secondary N) is 1. The molecule has 0 radical (unpaired) electrons. The molecule has 2 heterocycles. The number of hydrogen-bond acceptors (Lipinski definition) is 5. The van der Waals surface area contributed by atoms with E-state index < -0.39 is 0 Å². The predicted octanol–water partition coefficient (Wildman–Crippen LogP) is 1.80. The highest BCUT2D eigenvalue weighted by molar-refractivity contribution is 5.97. The molecule has 1 N–H and O–H groups in total. The molecule has 2 amide bonds. The Morgan fingerprint density at radius 3 is 2.43 bits per heavy atom. The maximum absolute atomic E-state index is 12.8. The van der Waals surface area contributed by atoms with Gasteiger partial charge in [0.2, 0.25) is 5.91 Å². The van der Waals surface area contributed by atoms with Gasteiger partial charge in [0.25, 0.3) is 5.91 Å². The lowest BCUT2D eigenvalue weighted by Crippen LogP contribution is -2.50. The van der Waals surface area contributed by atoms with Crippen LogP contribution in [0.1, 0.15) is 29.6 Å². The van der Waals surface area contributed by atoms with Crippen LogP contribution in [0.15, 0.2) is 18.2 Å². The van der Waals surface area contributed by atoms with E-state index in [1.807, 2.05) is 4.90 Å². The molecular weight excluding hydrogens is 382 g/mol. The average Bonchev–Trinajstić information content (AvgIpc) is 3.24. The normalized spacial score (nSPS) is 19.1. The number of carbonyl (C=O) groups excluding carboxylic acids is 2. The van der Waals surface area contributed by atoms with E-state index >= 15 is 0 Å². The Hall–Kier alpha value is -1.99. The first-order valence-corrected chi connectivity index (χ1v) is 9.62. The molecule has 1 unspecified atom stereocenters. The number of rotatable bonds is 6. The summed E-state index contributed by atoms with van der Waals surface area (Å²) in [6.45, 7) is 4.36. The summed E-state index contributed by atoms with van der Waals surface area (Å²) in [4.78, 5) is 29.0. The monoisotopic (exact) mass is 411 g/mol. The quantitative estimate of drug-likeness (QED) is 0.772. The van der Waals surface area contributed by atoms with Gasteiger partial charge in [0, 0.05) is 38.7 Å². The predicted molar refractivity (Wildman–Crippen MR) is 109 cm³/mol. The number of benzene rings is 1. The Morgan fingerprint density at radius 1 is 1.11 bits per heavy atom. The molecule has 7 nitrogen and oxygen atoms in total. The summed E-state index contributed by atoms with van der Waals surface area (Å²) in [7, 11) is 3.12. The zero-order valence-corrected chi connectivity index (χ0v) is 17.4. The molecule has 0 bridgehead atoms. The second-order valence-electron chi connectivity index (χ2n) is 7.14. The summed E-state index contributed by atoms with van der Waals surface area (Å²) < 4.78 is 10.5. The van der Waals surface area contributed by atoms with Gasteiger partial charge in [-0.1, -0.05) is 0 Å². The van der Waals surface area contributed by atoms with Gasteiger partial charge < -0.3 is 24.6 Å². The van der Waals surface area contributed by atoms with E-state index in [-0.39, 0.29) is 24.2 Å². The average molecular weight is 412 g/mol. The first kappa shape index (κ1) is 22.3. The number of halogens is 1. The number of ether oxygens (including phenoxy) is 2. The van der Waals surface area contributed by atoms with Crippen molar-refractivity contribution in [2.24, 2.45) is 5.92 Å². The van der Waals surface area contributed by atoms with Crippen LogP contribution in [0.3, 0.4) is 0 Å². The number of methoxy groups -OCH3 is 2. The zero-order chi connectivity index (χ0) is 19.2. The van der Waals surface area contributed by atoms with E-state index in [0.29, 0.717) is 55.6 Å². The fraction of sp³-hybridized carbons (Fsp3) is 0.600. The molecule has 1 aromatic rings. The van der Waals surface area contributed by atoms with Gasteiger partial charge in [-0.25, -0.2) is 0 Å². The molecule has 0 aromatic heterocycles. The molecule has 28 heavy (non-hydrogen) atoms. The van der Waals surface area contributed by atoms with Crippen LogP contribution in [0.4, 0.5) is 0 Å². The molecular formula is C20H30ClN3O4. The van der Waals surface area contributed by atoms with E-state index in [0.717, 1.165) is 19.5 Å². The van der Waals surface area contributed by atoms with Gasteiger partial charge in [-0.3, -0.25) is 9.59 Å². The van der Waals surface area contributed by atoms with Gasteiger partial charge >= 0.3 is 0 Å². The summed E-state index contributed by atoms with van der Waals surface area (Å²) in [5, 5.41) is 3.34. The molecule has 2 fully saturated rings. The van der Waals surface area contributed by atoms with Crippen LogP contribution in [0, 0.1) is 5.92 Å². The van der Waals surface area contributed by atoms with E-state index in [1.165, 1.54) is 6.42 Å². The van der Waals surface area contributed by atoms with Crippen LogP contribution >= 0.6 is 12.4 Å². The minimum absolute atomic E-state index is 0. The highest BCUT2D eigenvalue weighted by Gasteiger charge is 2.27. The van der Waals surface area contributed by atoms with Crippen molar-refractivity contribution in [1.29, 1.82) is 0 Å². The molecule has 0 saturated carbocycles. The number of nitrogens with zero attached hydrogens (tertiary/aromatic N) is 2. The van der Waals surface area contributed by atoms with Gasteiger partial charge in [0.15, 0.2) is 0 Å². The standard InChI is InChI=1S/C20H29N3O4.ClH/c1-26-16-4-5-17(18(13-16)27-2)20(25)23-11-9-22(10-12-23)19(24)6-3-15-7-8-21-14-15;/h4-5,13,15,21H,3,6-12,14H2,1-2H3;1H. The van der Waals surface area contributed by atoms with Crippen LogP contribution in [0.5, 0.6) is 11.5 Å². The van der Waals surface area contributed by atoms with E-state index in [9.17, 15) is 9.59 Å². The van der Waals surface area contributed by atoms with Crippen LogP contribution in [-0.4, -0.2) is 75.1 Å². The Kier molecular flexibility index (Phi) is 8.38. The Bertz CT molecular complexity index is 671. The number of amides is 2. The maximum Gasteiger partial charge on any atom is 0.257 e. The van der Waals surface area contributed by atoms with Crippen LogP contribution in [0.2, 0.25) is 0 Å². The van der Waals surface area contributed by atoms with Crippen molar-refractivity contribution in [1.82, 2.24) is 15.1 Å². The van der Waals surface area contributed by atoms with Gasteiger partial charge in [-0.05, 0) is 44.0 Å². The Balaban J connectivity index is 0.00000280. The molecule has 1 aromatic carbocycles. The number of hydrogen-bond donors (Lipinski definition) is 1. The lowest BCUT2D eigenvalue weighted by Gasteiger charge is -2.35. The third-order valence-corrected chi connectivity index (χ3v) is 5.49. The van der Waals surface area contributed by atoms with E-state index in [1.54, 1.807) is 37.3 Å². The molecule has 2 aliphatic rings.